The Balaban J connectivity index is 2.23. The van der Waals surface area contributed by atoms with Gasteiger partial charge in [-0.1, -0.05) is 11.6 Å². The molecule has 0 saturated heterocycles. The summed E-state index contributed by atoms with van der Waals surface area (Å²) < 4.78 is 29.7. The predicted molar refractivity (Wildman–Crippen MR) is 73.0 cm³/mol. The Labute approximate surface area is 116 Å². The highest BCUT2D eigenvalue weighted by molar-refractivity contribution is 7.89. The molecule has 0 amide bonds. The van der Waals surface area contributed by atoms with E-state index in [1.165, 1.54) is 6.20 Å². The minimum absolute atomic E-state index is 0.446. The van der Waals surface area contributed by atoms with Gasteiger partial charge in [-0.2, -0.15) is 9.19 Å². The van der Waals surface area contributed by atoms with Crippen LogP contribution in [0.1, 0.15) is 18.7 Å². The van der Waals surface area contributed by atoms with E-state index in [1.807, 2.05) is 0 Å². The molecule has 7 heteroatoms. The Morgan fingerprint density at radius 1 is 1.26 bits per heavy atom. The van der Waals surface area contributed by atoms with Gasteiger partial charge in [-0.25, -0.2) is 8.42 Å². The Bertz CT molecular complexity index is 665. The van der Waals surface area contributed by atoms with E-state index in [0.717, 1.165) is 10.3 Å². The van der Waals surface area contributed by atoms with E-state index >= 15 is 0 Å². The number of nitrogens with zero attached hydrogens (tertiary/aromatic N) is 2. The van der Waals surface area contributed by atoms with Crippen LogP contribution >= 0.6 is 11.6 Å². The second-order valence-electron chi connectivity index (χ2n) is 4.08. The molecule has 0 aliphatic heterocycles. The summed E-state index contributed by atoms with van der Waals surface area (Å²) in [6.07, 6.45) is 2.08. The standard InChI is InChI=1S/C12H13ClN2O3S/c1-9(18-11-5-3-10(13)4-6-11)12-7-8-14-15(12)19(2,16)17/h3-9H,1-2H3/t9-/m1/s1. The topological polar surface area (TPSA) is 61.2 Å². The van der Waals surface area contributed by atoms with Crippen molar-refractivity contribution in [3.05, 3.63) is 47.2 Å². The van der Waals surface area contributed by atoms with Gasteiger partial charge < -0.3 is 4.74 Å². The zero-order valence-corrected chi connectivity index (χ0v) is 12.0. The predicted octanol–water partition coefficient (Wildman–Crippen LogP) is 2.48. The molecule has 0 aliphatic carbocycles. The van der Waals surface area contributed by atoms with E-state index in [2.05, 4.69) is 5.10 Å². The minimum atomic E-state index is -3.43. The van der Waals surface area contributed by atoms with E-state index < -0.39 is 16.1 Å². The zero-order chi connectivity index (χ0) is 14.0. The highest BCUT2D eigenvalue weighted by Gasteiger charge is 2.18. The summed E-state index contributed by atoms with van der Waals surface area (Å²) in [5.41, 5.74) is 0.470. The number of hydrogen-bond acceptors (Lipinski definition) is 4. The summed E-state index contributed by atoms with van der Waals surface area (Å²) in [5, 5.41) is 4.40. The molecule has 0 fully saturated rings. The molecule has 0 aliphatic rings. The smallest absolute Gasteiger partial charge is 0.251 e. The lowest BCUT2D eigenvalue weighted by molar-refractivity contribution is 0.220. The van der Waals surface area contributed by atoms with Gasteiger partial charge in [0, 0.05) is 5.02 Å². The first kappa shape index (κ1) is 13.9. The van der Waals surface area contributed by atoms with Crippen LogP contribution in [0.25, 0.3) is 0 Å². The molecule has 5 nitrogen and oxygen atoms in total. The van der Waals surface area contributed by atoms with Crippen molar-refractivity contribution in [2.75, 3.05) is 6.26 Å². The molecule has 1 heterocycles. The second kappa shape index (κ2) is 5.22. The maximum absolute atomic E-state index is 11.5. The van der Waals surface area contributed by atoms with Gasteiger partial charge in [-0.15, -0.1) is 0 Å². The monoisotopic (exact) mass is 300 g/mol. The van der Waals surface area contributed by atoms with E-state index in [4.69, 9.17) is 16.3 Å². The summed E-state index contributed by atoms with van der Waals surface area (Å²) in [6.45, 7) is 1.76. The van der Waals surface area contributed by atoms with Crippen molar-refractivity contribution >= 4 is 21.6 Å². The lowest BCUT2D eigenvalue weighted by Gasteiger charge is -2.15. The molecule has 0 bridgehead atoms. The van der Waals surface area contributed by atoms with E-state index in [0.29, 0.717) is 16.5 Å². The van der Waals surface area contributed by atoms with Gasteiger partial charge in [0.1, 0.15) is 11.9 Å². The molecule has 1 aromatic heterocycles. The van der Waals surface area contributed by atoms with Crippen LogP contribution in [0.15, 0.2) is 36.5 Å². The van der Waals surface area contributed by atoms with Gasteiger partial charge in [-0.3, -0.25) is 0 Å². The van der Waals surface area contributed by atoms with Crippen LogP contribution in [0.3, 0.4) is 0 Å². The van der Waals surface area contributed by atoms with Crippen molar-refractivity contribution in [1.29, 1.82) is 0 Å². The van der Waals surface area contributed by atoms with Gasteiger partial charge in [0.15, 0.2) is 0 Å². The first-order valence-electron chi connectivity index (χ1n) is 5.54. The van der Waals surface area contributed by atoms with Gasteiger partial charge >= 0.3 is 0 Å². The normalized spacial score (nSPS) is 13.2. The Morgan fingerprint density at radius 3 is 2.47 bits per heavy atom. The molecule has 1 atom stereocenters. The van der Waals surface area contributed by atoms with Gasteiger partial charge in [0.05, 0.1) is 18.1 Å². The van der Waals surface area contributed by atoms with E-state index in [-0.39, 0.29) is 0 Å². The van der Waals surface area contributed by atoms with E-state index in [1.54, 1.807) is 37.3 Å². The first-order chi connectivity index (χ1) is 8.88. The fourth-order valence-corrected chi connectivity index (χ4v) is 2.59. The maximum Gasteiger partial charge on any atom is 0.251 e. The van der Waals surface area contributed by atoms with Crippen molar-refractivity contribution in [3.63, 3.8) is 0 Å². The molecule has 0 spiro atoms. The molecule has 2 rings (SSSR count). The number of benzene rings is 1. The van der Waals surface area contributed by atoms with Crippen LogP contribution in [0, 0.1) is 0 Å². The van der Waals surface area contributed by atoms with Crippen LogP contribution in [0.4, 0.5) is 0 Å². The number of aromatic nitrogens is 2. The molecule has 1 aromatic carbocycles. The third-order valence-electron chi connectivity index (χ3n) is 2.49. The minimum Gasteiger partial charge on any atom is -0.484 e. The van der Waals surface area contributed by atoms with Crippen LogP contribution in [-0.2, 0) is 10.0 Å². The highest BCUT2D eigenvalue weighted by atomic mass is 35.5. The van der Waals surface area contributed by atoms with E-state index in [9.17, 15) is 8.42 Å². The second-order valence-corrected chi connectivity index (χ2v) is 6.32. The molecule has 0 N–H and O–H groups in total. The summed E-state index contributed by atoms with van der Waals surface area (Å²) in [6, 6.07) is 8.47. The molecular weight excluding hydrogens is 288 g/mol. The summed E-state index contributed by atoms with van der Waals surface area (Å²) >= 11 is 5.78. The van der Waals surface area contributed by atoms with Gasteiger partial charge in [0.25, 0.3) is 10.0 Å². The van der Waals surface area contributed by atoms with Crippen molar-refractivity contribution in [2.45, 2.75) is 13.0 Å². The van der Waals surface area contributed by atoms with Gasteiger partial charge in [-0.05, 0) is 37.3 Å². The van der Waals surface area contributed by atoms with Crippen LogP contribution in [0.2, 0.25) is 5.02 Å². The molecule has 2 aromatic rings. The molecule has 19 heavy (non-hydrogen) atoms. The van der Waals surface area contributed by atoms with Crippen LogP contribution in [0.5, 0.6) is 5.75 Å². The summed E-state index contributed by atoms with van der Waals surface area (Å²) in [7, 11) is -3.43. The average Bonchev–Trinajstić information content (AvgIpc) is 2.81. The van der Waals surface area contributed by atoms with Crippen molar-refractivity contribution in [3.8, 4) is 5.75 Å². The fourth-order valence-electron chi connectivity index (χ4n) is 1.65. The Morgan fingerprint density at radius 2 is 1.89 bits per heavy atom. The summed E-state index contributed by atoms with van der Waals surface area (Å²) in [4.78, 5) is 0. The SMILES string of the molecule is C[C@@H](Oc1ccc(Cl)cc1)c1ccnn1S(C)(=O)=O. The number of hydrogen-bond donors (Lipinski definition) is 0. The quantitative estimate of drug-likeness (QED) is 0.870. The zero-order valence-electron chi connectivity index (χ0n) is 10.4. The lowest BCUT2D eigenvalue weighted by Crippen LogP contribution is -2.18. The Hall–Kier alpha value is -1.53. The molecule has 0 saturated carbocycles. The van der Waals surface area contributed by atoms with Crippen LogP contribution in [-0.4, -0.2) is 23.9 Å². The number of halogens is 1. The molecule has 102 valence electrons. The van der Waals surface area contributed by atoms with Crippen molar-refractivity contribution in [1.82, 2.24) is 9.19 Å². The maximum atomic E-state index is 11.5. The first-order valence-corrected chi connectivity index (χ1v) is 7.77. The third kappa shape index (κ3) is 3.27. The number of rotatable bonds is 4. The fraction of sp³-hybridized carbons (Fsp3) is 0.250. The average molecular weight is 301 g/mol. The molecule has 0 radical (unpaired) electrons. The summed E-state index contributed by atoms with van der Waals surface area (Å²) in [5.74, 6) is 0.609. The molecule has 0 unspecified atom stereocenters. The largest absolute Gasteiger partial charge is 0.484 e. The number of ether oxygens (including phenoxy) is 1. The van der Waals surface area contributed by atoms with Crippen molar-refractivity contribution < 1.29 is 13.2 Å². The van der Waals surface area contributed by atoms with Crippen molar-refractivity contribution in [2.24, 2.45) is 0 Å². The Kier molecular flexibility index (Phi) is 3.82. The van der Waals surface area contributed by atoms with Crippen LogP contribution < -0.4 is 4.74 Å². The van der Waals surface area contributed by atoms with Gasteiger partial charge in [0.2, 0.25) is 0 Å². The third-order valence-corrected chi connectivity index (χ3v) is 3.68. The molecular formula is C12H13ClN2O3S. The highest BCUT2D eigenvalue weighted by Crippen LogP contribution is 2.23. The lowest BCUT2D eigenvalue weighted by atomic mass is 10.3.